The van der Waals surface area contributed by atoms with E-state index in [0.717, 1.165) is 11.1 Å². The van der Waals surface area contributed by atoms with E-state index in [9.17, 15) is 0 Å². The summed E-state index contributed by atoms with van der Waals surface area (Å²) in [5.74, 6) is 0.600. The van der Waals surface area contributed by atoms with Crippen molar-refractivity contribution in [3.8, 4) is 5.75 Å². The molecule has 18 heavy (non-hydrogen) atoms. The van der Waals surface area contributed by atoms with E-state index < -0.39 is 0 Å². The van der Waals surface area contributed by atoms with Gasteiger partial charge in [-0.05, 0) is 36.8 Å². The van der Waals surface area contributed by atoms with Crippen LogP contribution in [0.5, 0.6) is 5.75 Å². The summed E-state index contributed by atoms with van der Waals surface area (Å²) in [5.41, 5.74) is 8.27. The third-order valence-electron chi connectivity index (χ3n) is 2.55. The topological polar surface area (TPSA) is 35.2 Å². The SMILES string of the molecule is Cc1ccc(COc2ccc(N)cc2Cl)c(Cl)c1. The Morgan fingerprint density at radius 3 is 2.50 bits per heavy atom. The van der Waals surface area contributed by atoms with Crippen LogP contribution in [0.4, 0.5) is 5.69 Å². The Balaban J connectivity index is 2.11. The van der Waals surface area contributed by atoms with Crippen LogP contribution in [0, 0.1) is 6.92 Å². The minimum atomic E-state index is 0.378. The van der Waals surface area contributed by atoms with Gasteiger partial charge in [0.05, 0.1) is 5.02 Å². The molecule has 0 unspecified atom stereocenters. The Bertz CT molecular complexity index is 518. The Morgan fingerprint density at radius 2 is 1.83 bits per heavy atom. The van der Waals surface area contributed by atoms with Crippen molar-refractivity contribution >= 4 is 28.9 Å². The minimum absolute atomic E-state index is 0.378. The molecule has 0 aliphatic heterocycles. The van der Waals surface area contributed by atoms with Gasteiger partial charge in [0.1, 0.15) is 12.4 Å². The molecule has 0 aromatic heterocycles. The summed E-state index contributed by atoms with van der Waals surface area (Å²) < 4.78 is 5.63. The molecular formula is C14H13Cl2NO. The van der Waals surface area contributed by atoms with Crippen molar-refractivity contribution in [3.63, 3.8) is 0 Å². The molecule has 2 rings (SSSR count). The number of hydrogen-bond donors (Lipinski definition) is 1. The zero-order valence-corrected chi connectivity index (χ0v) is 11.4. The average molecular weight is 282 g/mol. The fraction of sp³-hybridized carbons (Fsp3) is 0.143. The van der Waals surface area contributed by atoms with Crippen molar-refractivity contribution in [3.05, 3.63) is 57.6 Å². The maximum atomic E-state index is 6.13. The zero-order chi connectivity index (χ0) is 13.1. The fourth-order valence-corrected chi connectivity index (χ4v) is 2.09. The first kappa shape index (κ1) is 13.1. The van der Waals surface area contributed by atoms with Gasteiger partial charge in [-0.25, -0.2) is 0 Å². The molecule has 0 amide bonds. The number of rotatable bonds is 3. The molecule has 0 atom stereocenters. The monoisotopic (exact) mass is 281 g/mol. The number of benzene rings is 2. The molecule has 2 N–H and O–H groups in total. The van der Waals surface area contributed by atoms with Crippen molar-refractivity contribution in [2.75, 3.05) is 5.73 Å². The standard InChI is InChI=1S/C14H13Cl2NO/c1-9-2-3-10(12(15)6-9)8-18-14-5-4-11(17)7-13(14)16/h2-7H,8,17H2,1H3. The van der Waals surface area contributed by atoms with Crippen LogP contribution >= 0.6 is 23.2 Å². The lowest BCUT2D eigenvalue weighted by molar-refractivity contribution is 0.306. The molecule has 0 heterocycles. The molecule has 2 aromatic carbocycles. The zero-order valence-electron chi connectivity index (χ0n) is 9.91. The van der Waals surface area contributed by atoms with E-state index in [1.807, 2.05) is 25.1 Å². The van der Waals surface area contributed by atoms with Crippen LogP contribution in [0.2, 0.25) is 10.0 Å². The van der Waals surface area contributed by atoms with Crippen molar-refractivity contribution in [2.24, 2.45) is 0 Å². The van der Waals surface area contributed by atoms with Crippen molar-refractivity contribution in [1.29, 1.82) is 0 Å². The summed E-state index contributed by atoms with van der Waals surface area (Å²) in [6, 6.07) is 11.0. The molecular weight excluding hydrogens is 269 g/mol. The highest BCUT2D eigenvalue weighted by Gasteiger charge is 2.05. The van der Waals surface area contributed by atoms with Crippen LogP contribution in [0.15, 0.2) is 36.4 Å². The van der Waals surface area contributed by atoms with Crippen LogP contribution in [0.3, 0.4) is 0 Å². The summed E-state index contributed by atoms with van der Waals surface area (Å²) in [5, 5.41) is 1.19. The Labute approximate surface area is 116 Å². The second-order valence-electron chi connectivity index (χ2n) is 4.07. The molecule has 2 aromatic rings. The second kappa shape index (κ2) is 5.51. The van der Waals surface area contributed by atoms with Crippen molar-refractivity contribution in [2.45, 2.75) is 13.5 Å². The van der Waals surface area contributed by atoms with E-state index in [0.29, 0.717) is 28.1 Å². The van der Waals surface area contributed by atoms with E-state index in [1.165, 1.54) is 0 Å². The Kier molecular flexibility index (Phi) is 4.00. The Morgan fingerprint density at radius 1 is 1.06 bits per heavy atom. The molecule has 0 saturated heterocycles. The van der Waals surface area contributed by atoms with Gasteiger partial charge in [0, 0.05) is 16.3 Å². The summed E-state index contributed by atoms with van der Waals surface area (Å²) in [7, 11) is 0. The number of nitrogens with two attached hydrogens (primary N) is 1. The quantitative estimate of drug-likeness (QED) is 0.843. The number of aryl methyl sites for hydroxylation is 1. The first-order chi connectivity index (χ1) is 8.56. The maximum absolute atomic E-state index is 6.13. The van der Waals surface area contributed by atoms with Crippen LogP contribution in [-0.2, 0) is 6.61 Å². The highest BCUT2D eigenvalue weighted by molar-refractivity contribution is 6.32. The summed E-state index contributed by atoms with van der Waals surface area (Å²) in [6.07, 6.45) is 0. The summed E-state index contributed by atoms with van der Waals surface area (Å²) in [6.45, 7) is 2.37. The normalized spacial score (nSPS) is 10.4. The first-order valence-electron chi connectivity index (χ1n) is 5.49. The van der Waals surface area contributed by atoms with Gasteiger partial charge in [-0.15, -0.1) is 0 Å². The predicted molar refractivity (Wildman–Crippen MR) is 76.4 cm³/mol. The van der Waals surface area contributed by atoms with Crippen LogP contribution in [-0.4, -0.2) is 0 Å². The largest absolute Gasteiger partial charge is 0.487 e. The molecule has 0 saturated carbocycles. The third kappa shape index (κ3) is 3.09. The van der Waals surface area contributed by atoms with Gasteiger partial charge >= 0.3 is 0 Å². The van der Waals surface area contributed by atoms with Crippen LogP contribution < -0.4 is 10.5 Å². The number of nitrogen functional groups attached to an aromatic ring is 1. The molecule has 4 heteroatoms. The lowest BCUT2D eigenvalue weighted by Gasteiger charge is -2.10. The first-order valence-corrected chi connectivity index (χ1v) is 6.24. The van der Waals surface area contributed by atoms with Crippen LogP contribution in [0.1, 0.15) is 11.1 Å². The lowest BCUT2D eigenvalue weighted by Crippen LogP contribution is -1.97. The number of hydrogen-bond acceptors (Lipinski definition) is 2. The molecule has 0 radical (unpaired) electrons. The van der Waals surface area contributed by atoms with E-state index in [2.05, 4.69) is 0 Å². The molecule has 0 aliphatic rings. The fourth-order valence-electron chi connectivity index (χ4n) is 1.56. The van der Waals surface area contributed by atoms with Gasteiger partial charge in [0.15, 0.2) is 0 Å². The molecule has 0 bridgehead atoms. The second-order valence-corrected chi connectivity index (χ2v) is 4.89. The summed E-state index contributed by atoms with van der Waals surface area (Å²) in [4.78, 5) is 0. The van der Waals surface area contributed by atoms with Gasteiger partial charge < -0.3 is 10.5 Å². The minimum Gasteiger partial charge on any atom is -0.487 e. The third-order valence-corrected chi connectivity index (χ3v) is 3.19. The van der Waals surface area contributed by atoms with E-state index >= 15 is 0 Å². The van der Waals surface area contributed by atoms with Crippen LogP contribution in [0.25, 0.3) is 0 Å². The van der Waals surface area contributed by atoms with Crippen molar-refractivity contribution in [1.82, 2.24) is 0 Å². The maximum Gasteiger partial charge on any atom is 0.138 e. The van der Waals surface area contributed by atoms with Gasteiger partial charge in [0.25, 0.3) is 0 Å². The summed E-state index contributed by atoms with van der Waals surface area (Å²) >= 11 is 12.2. The van der Waals surface area contributed by atoms with Gasteiger partial charge in [-0.2, -0.15) is 0 Å². The lowest BCUT2D eigenvalue weighted by atomic mass is 10.1. The smallest absolute Gasteiger partial charge is 0.138 e. The van der Waals surface area contributed by atoms with Gasteiger partial charge in [0.2, 0.25) is 0 Å². The highest BCUT2D eigenvalue weighted by atomic mass is 35.5. The molecule has 0 aliphatic carbocycles. The number of halogens is 2. The van der Waals surface area contributed by atoms with E-state index in [-0.39, 0.29) is 0 Å². The van der Waals surface area contributed by atoms with Crippen molar-refractivity contribution < 1.29 is 4.74 Å². The average Bonchev–Trinajstić information content (AvgIpc) is 2.30. The number of anilines is 1. The molecule has 0 spiro atoms. The molecule has 2 nitrogen and oxygen atoms in total. The predicted octanol–water partition coefficient (Wildman–Crippen LogP) is 4.46. The Hall–Kier alpha value is -1.38. The number of ether oxygens (including phenoxy) is 1. The van der Waals surface area contributed by atoms with E-state index in [4.69, 9.17) is 33.7 Å². The highest BCUT2D eigenvalue weighted by Crippen LogP contribution is 2.28. The van der Waals surface area contributed by atoms with Gasteiger partial charge in [-0.1, -0.05) is 35.3 Å². The van der Waals surface area contributed by atoms with E-state index in [1.54, 1.807) is 18.2 Å². The molecule has 0 fully saturated rings. The molecule has 94 valence electrons. The van der Waals surface area contributed by atoms with Gasteiger partial charge in [-0.3, -0.25) is 0 Å².